The Balaban J connectivity index is 4.01. The Bertz CT molecular complexity index is 241. The summed E-state index contributed by atoms with van der Waals surface area (Å²) in [4.78, 5) is 13.4. The summed E-state index contributed by atoms with van der Waals surface area (Å²) in [6.07, 6.45) is 4.08. The molecule has 0 aromatic carbocycles. The zero-order chi connectivity index (χ0) is 12.6. The van der Waals surface area contributed by atoms with Crippen molar-refractivity contribution in [3.05, 3.63) is 0 Å². The van der Waals surface area contributed by atoms with E-state index in [1.807, 2.05) is 6.92 Å². The van der Waals surface area contributed by atoms with E-state index in [9.17, 15) is 4.79 Å². The minimum atomic E-state index is -0.0370. The topological polar surface area (TPSA) is 78.9 Å². The first-order valence-electron chi connectivity index (χ1n) is 5.75. The third kappa shape index (κ3) is 5.58. The van der Waals surface area contributed by atoms with Gasteiger partial charge in [-0.2, -0.15) is 0 Å². The standard InChI is InChI=1S/C11H23N3O2/c1-4-5-6-7-11(15)14(3)9(2)8-10(12)13-16/h9,16H,4-8H2,1-3H3,(H2,12,13). The van der Waals surface area contributed by atoms with Crippen LogP contribution in [0.1, 0.15) is 46.0 Å². The maximum absolute atomic E-state index is 11.7. The lowest BCUT2D eigenvalue weighted by Crippen LogP contribution is -2.37. The molecule has 0 radical (unpaired) electrons. The molecule has 0 fully saturated rings. The number of unbranched alkanes of at least 4 members (excludes halogenated alkanes) is 2. The van der Waals surface area contributed by atoms with E-state index >= 15 is 0 Å². The van der Waals surface area contributed by atoms with E-state index in [4.69, 9.17) is 10.9 Å². The Morgan fingerprint density at radius 2 is 2.12 bits per heavy atom. The van der Waals surface area contributed by atoms with Crippen LogP contribution in [0.4, 0.5) is 0 Å². The molecule has 94 valence electrons. The Morgan fingerprint density at radius 3 is 2.62 bits per heavy atom. The van der Waals surface area contributed by atoms with Gasteiger partial charge in [0.1, 0.15) is 5.84 Å². The number of rotatable bonds is 7. The molecule has 0 rings (SSSR count). The van der Waals surface area contributed by atoms with E-state index in [0.717, 1.165) is 19.3 Å². The van der Waals surface area contributed by atoms with Crippen LogP contribution in [0, 0.1) is 0 Å². The predicted octanol–water partition coefficient (Wildman–Crippen LogP) is 1.55. The van der Waals surface area contributed by atoms with Crippen molar-refractivity contribution in [1.82, 2.24) is 4.90 Å². The fourth-order valence-electron chi connectivity index (χ4n) is 1.43. The van der Waals surface area contributed by atoms with Gasteiger partial charge in [-0.3, -0.25) is 4.79 Å². The summed E-state index contributed by atoms with van der Waals surface area (Å²) in [5.41, 5.74) is 5.40. The molecule has 16 heavy (non-hydrogen) atoms. The van der Waals surface area contributed by atoms with Crippen molar-refractivity contribution in [2.24, 2.45) is 10.9 Å². The normalized spacial score (nSPS) is 13.6. The molecular formula is C11H23N3O2. The van der Waals surface area contributed by atoms with Crippen LogP contribution in [0.3, 0.4) is 0 Å². The number of carbonyl (C=O) groups excluding carboxylic acids is 1. The summed E-state index contributed by atoms with van der Waals surface area (Å²) in [6, 6.07) is -0.0370. The van der Waals surface area contributed by atoms with Crippen molar-refractivity contribution in [2.75, 3.05) is 7.05 Å². The number of oxime groups is 1. The molecule has 0 aromatic rings. The van der Waals surface area contributed by atoms with Crippen molar-refractivity contribution in [3.8, 4) is 0 Å². The number of hydrogen-bond donors (Lipinski definition) is 2. The van der Waals surface area contributed by atoms with E-state index in [2.05, 4.69) is 12.1 Å². The summed E-state index contributed by atoms with van der Waals surface area (Å²) in [6.45, 7) is 3.99. The van der Waals surface area contributed by atoms with Crippen LogP contribution in [0.2, 0.25) is 0 Å². The van der Waals surface area contributed by atoms with Gasteiger partial charge < -0.3 is 15.8 Å². The van der Waals surface area contributed by atoms with E-state index < -0.39 is 0 Å². The van der Waals surface area contributed by atoms with E-state index in [1.54, 1.807) is 11.9 Å². The van der Waals surface area contributed by atoms with Crippen molar-refractivity contribution in [3.63, 3.8) is 0 Å². The quantitative estimate of drug-likeness (QED) is 0.228. The molecule has 1 amide bonds. The van der Waals surface area contributed by atoms with Gasteiger partial charge in [0.05, 0.1) is 0 Å². The van der Waals surface area contributed by atoms with Gasteiger partial charge in [-0.15, -0.1) is 0 Å². The number of hydrogen-bond acceptors (Lipinski definition) is 3. The predicted molar refractivity (Wildman–Crippen MR) is 64.4 cm³/mol. The molecule has 0 saturated carbocycles. The summed E-state index contributed by atoms with van der Waals surface area (Å²) in [5, 5.41) is 11.3. The molecule has 0 aromatic heterocycles. The van der Waals surface area contributed by atoms with Gasteiger partial charge in [0.15, 0.2) is 0 Å². The molecule has 0 heterocycles. The minimum Gasteiger partial charge on any atom is -0.409 e. The van der Waals surface area contributed by atoms with Crippen LogP contribution in [0.5, 0.6) is 0 Å². The summed E-state index contributed by atoms with van der Waals surface area (Å²) in [5.74, 6) is 0.271. The van der Waals surface area contributed by atoms with E-state index in [0.29, 0.717) is 12.8 Å². The number of nitrogens with zero attached hydrogens (tertiary/aromatic N) is 2. The molecule has 0 saturated heterocycles. The fraction of sp³-hybridized carbons (Fsp3) is 0.818. The Labute approximate surface area is 97.3 Å². The molecule has 0 spiro atoms. The first kappa shape index (κ1) is 14.7. The van der Waals surface area contributed by atoms with E-state index in [1.165, 1.54) is 0 Å². The average Bonchev–Trinajstić information content (AvgIpc) is 2.27. The highest BCUT2D eigenvalue weighted by atomic mass is 16.4. The van der Waals surface area contributed by atoms with Gasteiger partial charge in [0.25, 0.3) is 0 Å². The lowest BCUT2D eigenvalue weighted by Gasteiger charge is -2.24. The maximum Gasteiger partial charge on any atom is 0.222 e. The highest BCUT2D eigenvalue weighted by Crippen LogP contribution is 2.07. The monoisotopic (exact) mass is 229 g/mol. The second-order valence-corrected chi connectivity index (χ2v) is 4.11. The van der Waals surface area contributed by atoms with Gasteiger partial charge in [-0.25, -0.2) is 0 Å². The average molecular weight is 229 g/mol. The van der Waals surface area contributed by atoms with Crippen molar-refractivity contribution >= 4 is 11.7 Å². The minimum absolute atomic E-state index is 0.0370. The largest absolute Gasteiger partial charge is 0.409 e. The van der Waals surface area contributed by atoms with Gasteiger partial charge in [0, 0.05) is 25.9 Å². The molecule has 0 aliphatic heterocycles. The number of nitrogens with two attached hydrogens (primary N) is 1. The van der Waals surface area contributed by atoms with E-state index in [-0.39, 0.29) is 17.8 Å². The van der Waals surface area contributed by atoms with Crippen molar-refractivity contribution < 1.29 is 10.0 Å². The Kier molecular flexibility index (Phi) is 7.33. The fourth-order valence-corrected chi connectivity index (χ4v) is 1.43. The number of amides is 1. The van der Waals surface area contributed by atoms with Crippen molar-refractivity contribution in [1.29, 1.82) is 0 Å². The molecule has 0 aliphatic carbocycles. The van der Waals surface area contributed by atoms with Gasteiger partial charge >= 0.3 is 0 Å². The Hall–Kier alpha value is -1.26. The van der Waals surface area contributed by atoms with Crippen LogP contribution < -0.4 is 5.73 Å². The van der Waals surface area contributed by atoms with Gasteiger partial charge in [-0.05, 0) is 13.3 Å². The second-order valence-electron chi connectivity index (χ2n) is 4.11. The van der Waals surface area contributed by atoms with Crippen LogP contribution in [0.25, 0.3) is 0 Å². The molecular weight excluding hydrogens is 206 g/mol. The van der Waals surface area contributed by atoms with Crippen LogP contribution in [-0.2, 0) is 4.79 Å². The molecule has 3 N–H and O–H groups in total. The first-order valence-corrected chi connectivity index (χ1v) is 5.75. The third-order valence-electron chi connectivity index (χ3n) is 2.68. The third-order valence-corrected chi connectivity index (χ3v) is 2.68. The summed E-state index contributed by atoms with van der Waals surface area (Å²) < 4.78 is 0. The number of amidine groups is 1. The Morgan fingerprint density at radius 1 is 1.50 bits per heavy atom. The number of carbonyl (C=O) groups is 1. The van der Waals surface area contributed by atoms with Crippen LogP contribution in [0.15, 0.2) is 5.16 Å². The van der Waals surface area contributed by atoms with Crippen LogP contribution >= 0.6 is 0 Å². The molecule has 5 nitrogen and oxygen atoms in total. The zero-order valence-electron chi connectivity index (χ0n) is 10.4. The zero-order valence-corrected chi connectivity index (χ0v) is 10.4. The smallest absolute Gasteiger partial charge is 0.222 e. The maximum atomic E-state index is 11.7. The van der Waals surface area contributed by atoms with Gasteiger partial charge in [-0.1, -0.05) is 24.9 Å². The summed E-state index contributed by atoms with van der Waals surface area (Å²) in [7, 11) is 1.75. The lowest BCUT2D eigenvalue weighted by atomic mass is 10.1. The molecule has 0 aliphatic rings. The van der Waals surface area contributed by atoms with Crippen LogP contribution in [-0.4, -0.2) is 34.9 Å². The molecule has 0 bridgehead atoms. The molecule has 1 unspecified atom stereocenters. The molecule has 5 heteroatoms. The lowest BCUT2D eigenvalue weighted by molar-refractivity contribution is -0.131. The van der Waals surface area contributed by atoms with Gasteiger partial charge in [0.2, 0.25) is 5.91 Å². The highest BCUT2D eigenvalue weighted by Gasteiger charge is 2.16. The SMILES string of the molecule is CCCCCC(=O)N(C)C(C)CC(N)=NO. The first-order chi connectivity index (χ1) is 7.52. The highest BCUT2D eigenvalue weighted by molar-refractivity contribution is 5.81. The summed E-state index contributed by atoms with van der Waals surface area (Å²) >= 11 is 0. The molecule has 1 atom stereocenters. The van der Waals surface area contributed by atoms with Crippen molar-refractivity contribution in [2.45, 2.75) is 52.0 Å². The second kappa shape index (κ2) is 7.96.